The van der Waals surface area contributed by atoms with Gasteiger partial charge in [0.25, 0.3) is 0 Å². The van der Waals surface area contributed by atoms with Crippen LogP contribution in [-0.2, 0) is 28.6 Å². The molecule has 168 valence electrons. The predicted octanol–water partition coefficient (Wildman–Crippen LogP) is 4.66. The molecule has 1 aliphatic carbocycles. The lowest BCUT2D eigenvalue weighted by Crippen LogP contribution is -2.28. The first-order valence-corrected chi connectivity index (χ1v) is 11.3. The molecule has 30 heavy (non-hydrogen) atoms. The minimum absolute atomic E-state index is 0.0852. The highest BCUT2D eigenvalue weighted by molar-refractivity contribution is 5.70. The Kier molecular flexibility index (Phi) is 10.1. The highest BCUT2D eigenvalue weighted by atomic mass is 16.6. The van der Waals surface area contributed by atoms with E-state index in [9.17, 15) is 14.4 Å². The van der Waals surface area contributed by atoms with Gasteiger partial charge in [-0.15, -0.1) is 0 Å². The SMILES string of the molecule is CCCCC/C=C\CC(/C=C/C(OC(C)=O)[C@H]1C[C@@H]1C1CCCC(=O)O1)OC(C)=O. The molecular weight excluding hydrogens is 384 g/mol. The van der Waals surface area contributed by atoms with Crippen molar-refractivity contribution in [2.24, 2.45) is 11.8 Å². The normalized spacial score (nSPS) is 25.7. The minimum atomic E-state index is -0.403. The first kappa shape index (κ1) is 24.2. The summed E-state index contributed by atoms with van der Waals surface area (Å²) in [6.07, 6.45) is 15.1. The number of cyclic esters (lactones) is 1. The predicted molar refractivity (Wildman–Crippen MR) is 113 cm³/mol. The third kappa shape index (κ3) is 8.72. The standard InChI is InChI=1S/C24H36O6/c1-4-5-6-7-8-9-11-19(28-17(2)25)14-15-23(29-18(3)26)21-16-20(21)22-12-10-13-24(27)30-22/h8-9,14-15,19-23H,4-7,10-13,16H2,1-3H3/b9-8-,15-14+/t19?,20-,21-,22?,23?/m0/s1. The average Bonchev–Trinajstić information content (AvgIpc) is 3.47. The van der Waals surface area contributed by atoms with E-state index in [1.54, 1.807) is 0 Å². The Morgan fingerprint density at radius 3 is 2.57 bits per heavy atom. The molecule has 6 heteroatoms. The lowest BCUT2D eigenvalue weighted by molar-refractivity contribution is -0.156. The second kappa shape index (κ2) is 12.6. The molecule has 3 unspecified atom stereocenters. The lowest BCUT2D eigenvalue weighted by Gasteiger charge is -2.23. The maximum Gasteiger partial charge on any atom is 0.306 e. The molecule has 1 aliphatic heterocycles. The molecular formula is C24H36O6. The number of hydrogen-bond donors (Lipinski definition) is 0. The number of esters is 3. The molecule has 2 rings (SSSR count). The van der Waals surface area contributed by atoms with Gasteiger partial charge in [-0.3, -0.25) is 14.4 Å². The van der Waals surface area contributed by atoms with Crippen molar-refractivity contribution < 1.29 is 28.6 Å². The van der Waals surface area contributed by atoms with Gasteiger partial charge < -0.3 is 14.2 Å². The minimum Gasteiger partial charge on any atom is -0.462 e. The fourth-order valence-corrected chi connectivity index (χ4v) is 4.01. The number of carbonyl (C=O) groups excluding carboxylic acids is 3. The Hall–Kier alpha value is -2.11. The fourth-order valence-electron chi connectivity index (χ4n) is 4.01. The number of carbonyl (C=O) groups is 3. The van der Waals surface area contributed by atoms with Gasteiger partial charge in [0.1, 0.15) is 18.3 Å². The molecule has 0 N–H and O–H groups in total. The topological polar surface area (TPSA) is 78.9 Å². The van der Waals surface area contributed by atoms with Crippen LogP contribution in [-0.4, -0.2) is 36.2 Å². The van der Waals surface area contributed by atoms with Gasteiger partial charge in [0, 0.05) is 38.5 Å². The second-order valence-corrected chi connectivity index (χ2v) is 8.29. The Morgan fingerprint density at radius 2 is 1.90 bits per heavy atom. The van der Waals surface area contributed by atoms with Gasteiger partial charge >= 0.3 is 17.9 Å². The number of ether oxygens (including phenoxy) is 3. The molecule has 0 radical (unpaired) electrons. The first-order chi connectivity index (χ1) is 14.4. The van der Waals surface area contributed by atoms with Gasteiger partial charge in [-0.2, -0.15) is 0 Å². The highest BCUT2D eigenvalue weighted by Gasteiger charge is 2.50. The molecule has 0 aromatic heterocycles. The molecule has 6 nitrogen and oxygen atoms in total. The van der Waals surface area contributed by atoms with Crippen molar-refractivity contribution in [2.45, 2.75) is 96.9 Å². The monoisotopic (exact) mass is 420 g/mol. The van der Waals surface area contributed by atoms with Crippen LogP contribution in [0.4, 0.5) is 0 Å². The summed E-state index contributed by atoms with van der Waals surface area (Å²) in [5.41, 5.74) is 0. The van der Waals surface area contributed by atoms with Gasteiger partial charge in [-0.05, 0) is 44.3 Å². The molecule has 2 aliphatic rings. The van der Waals surface area contributed by atoms with E-state index in [0.717, 1.165) is 32.1 Å². The van der Waals surface area contributed by atoms with Crippen LogP contribution in [0, 0.1) is 11.8 Å². The Balaban J connectivity index is 1.94. The van der Waals surface area contributed by atoms with Crippen LogP contribution in [0.25, 0.3) is 0 Å². The van der Waals surface area contributed by atoms with Gasteiger partial charge in [-0.1, -0.05) is 31.9 Å². The van der Waals surface area contributed by atoms with E-state index in [-0.39, 0.29) is 35.8 Å². The summed E-state index contributed by atoms with van der Waals surface area (Å²) in [6, 6.07) is 0. The van der Waals surface area contributed by atoms with Gasteiger partial charge in [0.2, 0.25) is 0 Å². The van der Waals surface area contributed by atoms with Crippen molar-refractivity contribution in [3.05, 3.63) is 24.3 Å². The number of unbranched alkanes of at least 4 members (excludes halogenated alkanes) is 3. The third-order valence-corrected chi connectivity index (χ3v) is 5.59. The van der Waals surface area contributed by atoms with Crippen LogP contribution in [0.5, 0.6) is 0 Å². The Labute approximate surface area is 180 Å². The first-order valence-electron chi connectivity index (χ1n) is 11.3. The van der Waals surface area contributed by atoms with Crippen molar-refractivity contribution in [3.8, 4) is 0 Å². The van der Waals surface area contributed by atoms with Crippen molar-refractivity contribution in [1.82, 2.24) is 0 Å². The van der Waals surface area contributed by atoms with E-state index in [1.165, 1.54) is 26.7 Å². The van der Waals surface area contributed by atoms with Crippen molar-refractivity contribution in [2.75, 3.05) is 0 Å². The van der Waals surface area contributed by atoms with E-state index in [2.05, 4.69) is 13.0 Å². The Morgan fingerprint density at radius 1 is 1.13 bits per heavy atom. The zero-order valence-corrected chi connectivity index (χ0v) is 18.5. The van der Waals surface area contributed by atoms with E-state index in [4.69, 9.17) is 14.2 Å². The molecule has 1 saturated carbocycles. The number of hydrogen-bond acceptors (Lipinski definition) is 6. The number of allylic oxidation sites excluding steroid dienone is 1. The lowest BCUT2D eigenvalue weighted by atomic mass is 10.0. The van der Waals surface area contributed by atoms with Crippen molar-refractivity contribution in [1.29, 1.82) is 0 Å². The highest BCUT2D eigenvalue weighted by Crippen LogP contribution is 2.48. The van der Waals surface area contributed by atoms with Crippen molar-refractivity contribution in [3.63, 3.8) is 0 Å². The summed E-state index contributed by atoms with van der Waals surface area (Å²) in [4.78, 5) is 34.7. The molecule has 0 amide bonds. The van der Waals surface area contributed by atoms with E-state index in [0.29, 0.717) is 12.8 Å². The van der Waals surface area contributed by atoms with Crippen LogP contribution < -0.4 is 0 Å². The number of rotatable bonds is 12. The van der Waals surface area contributed by atoms with Crippen molar-refractivity contribution >= 4 is 17.9 Å². The molecule has 0 aromatic rings. The van der Waals surface area contributed by atoms with E-state index < -0.39 is 12.2 Å². The van der Waals surface area contributed by atoms with Gasteiger partial charge in [0.15, 0.2) is 0 Å². The molecule has 0 spiro atoms. The van der Waals surface area contributed by atoms with Gasteiger partial charge in [-0.25, -0.2) is 0 Å². The van der Waals surface area contributed by atoms with Crippen LogP contribution in [0.2, 0.25) is 0 Å². The van der Waals surface area contributed by atoms with E-state index >= 15 is 0 Å². The van der Waals surface area contributed by atoms with Crippen LogP contribution >= 0.6 is 0 Å². The second-order valence-electron chi connectivity index (χ2n) is 8.29. The van der Waals surface area contributed by atoms with Gasteiger partial charge in [0.05, 0.1) is 0 Å². The molecule has 2 fully saturated rings. The third-order valence-electron chi connectivity index (χ3n) is 5.59. The molecule has 0 aromatic carbocycles. The van der Waals surface area contributed by atoms with E-state index in [1.807, 2.05) is 18.2 Å². The molecule has 1 saturated heterocycles. The zero-order chi connectivity index (χ0) is 21.9. The zero-order valence-electron chi connectivity index (χ0n) is 18.5. The fraction of sp³-hybridized carbons (Fsp3) is 0.708. The van der Waals surface area contributed by atoms with Crippen LogP contribution in [0.3, 0.4) is 0 Å². The quantitative estimate of drug-likeness (QED) is 0.198. The summed E-state index contributed by atoms with van der Waals surface area (Å²) in [7, 11) is 0. The summed E-state index contributed by atoms with van der Waals surface area (Å²) in [6.45, 7) is 4.96. The molecule has 5 atom stereocenters. The molecule has 1 heterocycles. The summed E-state index contributed by atoms with van der Waals surface area (Å²) in [5, 5.41) is 0. The summed E-state index contributed by atoms with van der Waals surface area (Å²) >= 11 is 0. The average molecular weight is 421 g/mol. The van der Waals surface area contributed by atoms with Crippen LogP contribution in [0.1, 0.15) is 78.6 Å². The molecule has 0 bridgehead atoms. The maximum atomic E-state index is 11.6. The largest absolute Gasteiger partial charge is 0.462 e. The smallest absolute Gasteiger partial charge is 0.306 e. The summed E-state index contributed by atoms with van der Waals surface area (Å²) < 4.78 is 16.4. The van der Waals surface area contributed by atoms with Crippen LogP contribution in [0.15, 0.2) is 24.3 Å². The Bertz CT molecular complexity index is 638. The maximum absolute atomic E-state index is 11.6. The summed E-state index contributed by atoms with van der Waals surface area (Å²) in [5.74, 6) is -0.489.